The van der Waals surface area contributed by atoms with Gasteiger partial charge >= 0.3 is 11.9 Å². The maximum Gasteiger partial charge on any atom is 0.306 e. The van der Waals surface area contributed by atoms with E-state index in [9.17, 15) is 9.59 Å². The molecule has 0 aromatic carbocycles. The van der Waals surface area contributed by atoms with Crippen LogP contribution in [0.3, 0.4) is 0 Å². The zero-order valence-corrected chi connectivity index (χ0v) is 12.5. The lowest BCUT2D eigenvalue weighted by atomic mass is 10.3. The van der Waals surface area contributed by atoms with Crippen LogP contribution in [0, 0.1) is 0 Å². The summed E-state index contributed by atoms with van der Waals surface area (Å²) in [5, 5.41) is 0. The van der Waals surface area contributed by atoms with Crippen molar-refractivity contribution < 1.29 is 19.1 Å². The Morgan fingerprint density at radius 1 is 0.944 bits per heavy atom. The summed E-state index contributed by atoms with van der Waals surface area (Å²) >= 11 is 3.09. The monoisotopic (exact) mass is 292 g/mol. The van der Waals surface area contributed by atoms with E-state index in [2.05, 4.69) is 0 Å². The fraction of sp³-hybridized carbons (Fsp3) is 0.833. The minimum Gasteiger partial charge on any atom is -0.450 e. The van der Waals surface area contributed by atoms with Gasteiger partial charge in [0.25, 0.3) is 0 Å². The van der Waals surface area contributed by atoms with Gasteiger partial charge in [-0.3, -0.25) is 9.59 Å². The van der Waals surface area contributed by atoms with Gasteiger partial charge in [-0.05, 0) is 12.8 Å². The molecule has 1 fully saturated rings. The van der Waals surface area contributed by atoms with Gasteiger partial charge < -0.3 is 9.47 Å². The van der Waals surface area contributed by atoms with E-state index in [1.54, 1.807) is 23.5 Å². The first-order valence-electron chi connectivity index (χ1n) is 6.27. The second-order valence-electron chi connectivity index (χ2n) is 4.01. The molecule has 104 valence electrons. The Morgan fingerprint density at radius 2 is 1.33 bits per heavy atom. The molecule has 0 radical (unpaired) electrons. The van der Waals surface area contributed by atoms with Crippen LogP contribution >= 0.6 is 23.5 Å². The van der Waals surface area contributed by atoms with E-state index in [1.807, 2.05) is 13.8 Å². The third kappa shape index (κ3) is 6.00. The van der Waals surface area contributed by atoms with E-state index < -0.39 is 0 Å². The Labute approximate surface area is 117 Å². The molecule has 0 aliphatic carbocycles. The number of carbonyl (C=O) groups is 2. The Balaban J connectivity index is 2.20. The highest BCUT2D eigenvalue weighted by molar-refractivity contribution is 8.06. The molecule has 0 N–H and O–H groups in total. The molecule has 0 aromatic rings. The molecule has 1 aliphatic rings. The van der Waals surface area contributed by atoms with Gasteiger partial charge in [-0.25, -0.2) is 0 Å². The van der Waals surface area contributed by atoms with Crippen LogP contribution in [0.4, 0.5) is 0 Å². The van der Waals surface area contributed by atoms with Gasteiger partial charge in [-0.15, -0.1) is 23.5 Å². The van der Waals surface area contributed by atoms with Crippen molar-refractivity contribution in [3.8, 4) is 0 Å². The predicted molar refractivity (Wildman–Crippen MR) is 74.5 cm³/mol. The molecule has 1 saturated heterocycles. The molecule has 0 amide bonds. The first-order chi connectivity index (χ1) is 8.65. The third-order valence-electron chi connectivity index (χ3n) is 2.27. The zero-order valence-electron chi connectivity index (χ0n) is 10.8. The molecule has 1 aliphatic heterocycles. The van der Waals surface area contributed by atoms with Crippen LogP contribution < -0.4 is 0 Å². The molecule has 2 atom stereocenters. The van der Waals surface area contributed by atoms with E-state index >= 15 is 0 Å². The van der Waals surface area contributed by atoms with Crippen LogP contribution in [0.5, 0.6) is 0 Å². The summed E-state index contributed by atoms with van der Waals surface area (Å²) in [6.07, 6.45) is 2.55. The number of esters is 2. The summed E-state index contributed by atoms with van der Waals surface area (Å²) in [4.78, 5) is 22.7. The number of rotatable bonds is 6. The summed E-state index contributed by atoms with van der Waals surface area (Å²) in [6.45, 7) is 3.90. The largest absolute Gasteiger partial charge is 0.450 e. The van der Waals surface area contributed by atoms with Crippen molar-refractivity contribution in [2.24, 2.45) is 0 Å². The first kappa shape index (κ1) is 15.7. The quantitative estimate of drug-likeness (QED) is 0.702. The summed E-state index contributed by atoms with van der Waals surface area (Å²) in [6, 6.07) is 0. The van der Waals surface area contributed by atoms with E-state index in [0.717, 1.165) is 12.8 Å². The lowest BCUT2D eigenvalue weighted by Crippen LogP contribution is -2.28. The average molecular weight is 292 g/mol. The normalized spacial score (nSPS) is 23.4. The molecule has 2 unspecified atom stereocenters. The molecule has 1 heterocycles. The standard InChI is InChI=1S/C12H20O4S2/c1-3-5-9(13)15-11-7-18-12(8-17-11)16-10(14)6-4-2/h11-12H,3-8H2,1-2H3. The second-order valence-corrected chi connectivity index (χ2v) is 6.39. The van der Waals surface area contributed by atoms with E-state index in [4.69, 9.17) is 9.47 Å². The minimum atomic E-state index is -0.142. The maximum atomic E-state index is 11.3. The van der Waals surface area contributed by atoms with Crippen LogP contribution in [-0.4, -0.2) is 34.3 Å². The molecule has 0 bridgehead atoms. The summed E-state index contributed by atoms with van der Waals surface area (Å²) < 4.78 is 10.6. The molecule has 0 aromatic heterocycles. The summed E-state index contributed by atoms with van der Waals surface area (Å²) in [7, 11) is 0. The van der Waals surface area contributed by atoms with E-state index in [1.165, 1.54) is 0 Å². The number of hydrogen-bond acceptors (Lipinski definition) is 6. The second kappa shape index (κ2) is 8.69. The van der Waals surface area contributed by atoms with Gasteiger partial charge in [-0.2, -0.15) is 0 Å². The maximum absolute atomic E-state index is 11.3. The van der Waals surface area contributed by atoms with Crippen molar-refractivity contribution in [3.05, 3.63) is 0 Å². The first-order valence-corrected chi connectivity index (χ1v) is 8.37. The van der Waals surface area contributed by atoms with Crippen molar-refractivity contribution >= 4 is 35.5 Å². The molecule has 1 rings (SSSR count). The Kier molecular flexibility index (Phi) is 7.58. The highest BCUT2D eigenvalue weighted by Crippen LogP contribution is 2.31. The topological polar surface area (TPSA) is 52.6 Å². The summed E-state index contributed by atoms with van der Waals surface area (Å²) in [5.41, 5.74) is -0.203. The molecule has 18 heavy (non-hydrogen) atoms. The highest BCUT2D eigenvalue weighted by atomic mass is 32.2. The molecular formula is C12H20O4S2. The fourth-order valence-electron chi connectivity index (χ4n) is 1.42. The third-order valence-corrected chi connectivity index (χ3v) is 4.95. The van der Waals surface area contributed by atoms with Crippen molar-refractivity contribution in [2.45, 2.75) is 50.4 Å². The van der Waals surface area contributed by atoms with E-state index in [0.29, 0.717) is 24.3 Å². The van der Waals surface area contributed by atoms with Gasteiger partial charge in [0.05, 0.1) is 0 Å². The zero-order chi connectivity index (χ0) is 13.4. The molecule has 4 nitrogen and oxygen atoms in total. The average Bonchev–Trinajstić information content (AvgIpc) is 2.32. The van der Waals surface area contributed by atoms with Gasteiger partial charge in [-0.1, -0.05) is 13.8 Å². The molecule has 0 spiro atoms. The van der Waals surface area contributed by atoms with Crippen molar-refractivity contribution in [1.82, 2.24) is 0 Å². The van der Waals surface area contributed by atoms with Crippen LogP contribution in [0.15, 0.2) is 0 Å². The minimum absolute atomic E-state index is 0.102. The number of thioether (sulfide) groups is 2. The number of hydrogen-bond donors (Lipinski definition) is 0. The predicted octanol–water partition coefficient (Wildman–Crippen LogP) is 2.81. The lowest BCUT2D eigenvalue weighted by Gasteiger charge is -2.27. The smallest absolute Gasteiger partial charge is 0.306 e. The molecular weight excluding hydrogens is 272 g/mol. The molecule has 0 saturated carbocycles. The number of carbonyl (C=O) groups excluding carboxylic acids is 2. The van der Waals surface area contributed by atoms with Gasteiger partial charge in [0, 0.05) is 24.3 Å². The van der Waals surface area contributed by atoms with Crippen LogP contribution in [0.2, 0.25) is 0 Å². The Bertz CT molecular complexity index is 247. The van der Waals surface area contributed by atoms with Crippen molar-refractivity contribution in [2.75, 3.05) is 11.5 Å². The van der Waals surface area contributed by atoms with Gasteiger partial charge in [0.15, 0.2) is 10.9 Å². The van der Waals surface area contributed by atoms with E-state index in [-0.39, 0.29) is 22.8 Å². The van der Waals surface area contributed by atoms with Crippen molar-refractivity contribution in [1.29, 1.82) is 0 Å². The SMILES string of the molecule is CCCC(=O)OC1CSC(OC(=O)CCC)CS1. The summed E-state index contributed by atoms with van der Waals surface area (Å²) in [5.74, 6) is 1.09. The van der Waals surface area contributed by atoms with Crippen molar-refractivity contribution in [3.63, 3.8) is 0 Å². The van der Waals surface area contributed by atoms with Crippen LogP contribution in [0.1, 0.15) is 39.5 Å². The Hall–Kier alpha value is -0.360. The number of ether oxygens (including phenoxy) is 2. The van der Waals surface area contributed by atoms with Crippen LogP contribution in [0.25, 0.3) is 0 Å². The highest BCUT2D eigenvalue weighted by Gasteiger charge is 2.26. The Morgan fingerprint density at radius 3 is 1.61 bits per heavy atom. The lowest BCUT2D eigenvalue weighted by molar-refractivity contribution is -0.146. The fourth-order valence-corrected chi connectivity index (χ4v) is 3.90. The van der Waals surface area contributed by atoms with Crippen LogP contribution in [-0.2, 0) is 19.1 Å². The van der Waals surface area contributed by atoms with Gasteiger partial charge in [0.1, 0.15) is 0 Å². The molecule has 6 heteroatoms. The van der Waals surface area contributed by atoms with Gasteiger partial charge in [0.2, 0.25) is 0 Å².